The molecule has 0 fully saturated rings. The van der Waals surface area contributed by atoms with E-state index < -0.39 is 0 Å². The number of benzene rings is 2. The van der Waals surface area contributed by atoms with Gasteiger partial charge in [-0.25, -0.2) is 5.84 Å². The first-order chi connectivity index (χ1) is 9.27. The van der Waals surface area contributed by atoms with Gasteiger partial charge in [-0.15, -0.1) is 4.68 Å². The largest absolute Gasteiger partial charge is 0.283 e. The number of nitrogens with two attached hydrogens (primary N) is 1. The van der Waals surface area contributed by atoms with Gasteiger partial charge in [0, 0.05) is 12.0 Å². The maximum atomic E-state index is 12.6. The molecule has 94 valence electrons. The van der Waals surface area contributed by atoms with Crippen LogP contribution in [-0.2, 0) is 6.42 Å². The van der Waals surface area contributed by atoms with Crippen LogP contribution in [0.4, 0.5) is 0 Å². The second-order valence-electron chi connectivity index (χ2n) is 4.64. The van der Waals surface area contributed by atoms with Crippen LogP contribution in [0.2, 0.25) is 0 Å². The van der Waals surface area contributed by atoms with E-state index in [1.807, 2.05) is 48.5 Å². The zero-order valence-corrected chi connectivity index (χ0v) is 10.5. The van der Waals surface area contributed by atoms with Gasteiger partial charge in [-0.1, -0.05) is 48.5 Å². The average Bonchev–Trinajstić information content (AvgIpc) is 2.47. The van der Waals surface area contributed by atoms with Crippen LogP contribution in [0.3, 0.4) is 0 Å². The first-order valence-electron chi connectivity index (χ1n) is 6.34. The van der Waals surface area contributed by atoms with Gasteiger partial charge in [-0.05, 0) is 11.6 Å². The Kier molecular flexibility index (Phi) is 2.88. The minimum atomic E-state index is -0.0183. The van der Waals surface area contributed by atoms with Gasteiger partial charge in [0.05, 0.1) is 5.56 Å². The third kappa shape index (κ3) is 2.03. The number of carbonyl (C=O) groups is 1. The molecule has 0 spiro atoms. The van der Waals surface area contributed by atoms with Gasteiger partial charge < -0.3 is 0 Å². The molecular formula is C16H15N2O+. The third-order valence-corrected chi connectivity index (χ3v) is 3.43. The van der Waals surface area contributed by atoms with Crippen molar-refractivity contribution < 1.29 is 9.48 Å². The standard InChI is InChI=1S/C16H14N2O/c17-18-11-10-12-6-4-5-9-14(12)15(18)16(19)13-7-2-1-3-8-13/h1-9H,10-11H2,(H-,17,19)/p+1. The Bertz CT molecular complexity index is 659. The molecule has 19 heavy (non-hydrogen) atoms. The van der Waals surface area contributed by atoms with Crippen molar-refractivity contribution in [2.75, 3.05) is 6.54 Å². The summed E-state index contributed by atoms with van der Waals surface area (Å²) < 4.78 is 1.57. The van der Waals surface area contributed by atoms with Crippen LogP contribution in [0.25, 0.3) is 0 Å². The lowest BCUT2D eigenvalue weighted by Gasteiger charge is -2.14. The number of rotatable bonds is 2. The Morgan fingerprint density at radius 2 is 1.68 bits per heavy atom. The number of nitrogens with zero attached hydrogens (tertiary/aromatic N) is 1. The predicted octanol–water partition coefficient (Wildman–Crippen LogP) is 1.80. The van der Waals surface area contributed by atoms with Crippen LogP contribution in [0.1, 0.15) is 21.5 Å². The maximum Gasteiger partial charge on any atom is 0.283 e. The summed E-state index contributed by atoms with van der Waals surface area (Å²) in [5.74, 6) is 5.99. The smallest absolute Gasteiger partial charge is 0.282 e. The van der Waals surface area contributed by atoms with Gasteiger partial charge in [0.1, 0.15) is 0 Å². The zero-order valence-electron chi connectivity index (χ0n) is 10.5. The third-order valence-electron chi connectivity index (χ3n) is 3.43. The lowest BCUT2D eigenvalue weighted by molar-refractivity contribution is -0.538. The molecule has 1 aliphatic heterocycles. The van der Waals surface area contributed by atoms with E-state index in [0.29, 0.717) is 17.8 Å². The molecule has 0 saturated heterocycles. The van der Waals surface area contributed by atoms with Crippen molar-refractivity contribution in [3.05, 3.63) is 71.3 Å². The Morgan fingerprint density at radius 1 is 1.00 bits per heavy atom. The fourth-order valence-corrected chi connectivity index (χ4v) is 2.46. The Balaban J connectivity index is 2.11. The highest BCUT2D eigenvalue weighted by Crippen LogP contribution is 2.17. The van der Waals surface area contributed by atoms with E-state index in [1.165, 1.54) is 5.56 Å². The normalized spacial score (nSPS) is 14.1. The van der Waals surface area contributed by atoms with Crippen LogP contribution in [0, 0.1) is 0 Å². The molecule has 1 aliphatic rings. The van der Waals surface area contributed by atoms with E-state index in [9.17, 15) is 4.79 Å². The minimum absolute atomic E-state index is 0.0183. The number of ketones is 1. The maximum absolute atomic E-state index is 12.6. The molecule has 0 atom stereocenters. The summed E-state index contributed by atoms with van der Waals surface area (Å²) in [7, 11) is 0. The van der Waals surface area contributed by atoms with Crippen LogP contribution >= 0.6 is 0 Å². The van der Waals surface area contributed by atoms with Gasteiger partial charge in [0.2, 0.25) is 0 Å². The molecule has 3 rings (SSSR count). The van der Waals surface area contributed by atoms with E-state index >= 15 is 0 Å². The van der Waals surface area contributed by atoms with Gasteiger partial charge in [-0.3, -0.25) is 4.79 Å². The lowest BCUT2D eigenvalue weighted by atomic mass is 9.92. The van der Waals surface area contributed by atoms with Gasteiger partial charge in [-0.2, -0.15) is 0 Å². The monoisotopic (exact) mass is 251 g/mol. The molecule has 0 saturated carbocycles. The summed E-state index contributed by atoms with van der Waals surface area (Å²) in [5, 5.41) is 0. The number of Topliss-reactive ketones (excluding diaryl/α,β-unsaturated/α-hetero) is 1. The highest BCUT2D eigenvalue weighted by molar-refractivity contribution is 6.49. The SMILES string of the molecule is N[N+]1=C(C(=O)c2ccccc2)c2ccccc2CC1. The Morgan fingerprint density at radius 3 is 2.47 bits per heavy atom. The summed E-state index contributed by atoms with van der Waals surface area (Å²) in [6.07, 6.45) is 0.873. The molecule has 0 aliphatic carbocycles. The van der Waals surface area contributed by atoms with Crippen molar-refractivity contribution in [2.24, 2.45) is 5.84 Å². The number of hydrogen-bond acceptors (Lipinski definition) is 2. The van der Waals surface area contributed by atoms with E-state index in [0.717, 1.165) is 12.0 Å². The van der Waals surface area contributed by atoms with Crippen LogP contribution in [0.15, 0.2) is 54.6 Å². The van der Waals surface area contributed by atoms with E-state index in [2.05, 4.69) is 6.07 Å². The van der Waals surface area contributed by atoms with Crippen molar-refractivity contribution in [1.82, 2.24) is 0 Å². The summed E-state index contributed by atoms with van der Waals surface area (Å²) in [6, 6.07) is 17.2. The van der Waals surface area contributed by atoms with Crippen molar-refractivity contribution in [3.8, 4) is 0 Å². The van der Waals surface area contributed by atoms with Gasteiger partial charge in [0.25, 0.3) is 11.5 Å². The number of fused-ring (bicyclic) bond motifs is 1. The molecule has 2 aromatic carbocycles. The second-order valence-corrected chi connectivity index (χ2v) is 4.64. The number of hydrogen-bond donors (Lipinski definition) is 1. The number of carbonyl (C=O) groups excluding carboxylic acids is 1. The van der Waals surface area contributed by atoms with Crippen LogP contribution in [-0.4, -0.2) is 22.7 Å². The molecule has 1 heterocycles. The summed E-state index contributed by atoms with van der Waals surface area (Å²) >= 11 is 0. The molecule has 0 radical (unpaired) electrons. The van der Waals surface area contributed by atoms with Gasteiger partial charge >= 0.3 is 0 Å². The van der Waals surface area contributed by atoms with Crippen molar-refractivity contribution in [2.45, 2.75) is 6.42 Å². The zero-order chi connectivity index (χ0) is 13.2. The van der Waals surface area contributed by atoms with Gasteiger partial charge in [0.15, 0.2) is 6.54 Å². The van der Waals surface area contributed by atoms with Crippen LogP contribution in [0.5, 0.6) is 0 Å². The fourth-order valence-electron chi connectivity index (χ4n) is 2.46. The molecule has 3 nitrogen and oxygen atoms in total. The van der Waals surface area contributed by atoms with E-state index in [-0.39, 0.29) is 5.78 Å². The van der Waals surface area contributed by atoms with Crippen molar-refractivity contribution >= 4 is 11.5 Å². The van der Waals surface area contributed by atoms with E-state index in [1.54, 1.807) is 4.68 Å². The minimum Gasteiger partial charge on any atom is -0.282 e. The van der Waals surface area contributed by atoms with Crippen molar-refractivity contribution in [3.63, 3.8) is 0 Å². The average molecular weight is 251 g/mol. The topological polar surface area (TPSA) is 46.1 Å². The highest BCUT2D eigenvalue weighted by Gasteiger charge is 2.31. The molecular weight excluding hydrogens is 236 g/mol. The quantitative estimate of drug-likeness (QED) is 0.502. The molecule has 2 aromatic rings. The van der Waals surface area contributed by atoms with Crippen molar-refractivity contribution in [1.29, 1.82) is 0 Å². The first kappa shape index (κ1) is 11.7. The van der Waals surface area contributed by atoms with Crippen LogP contribution < -0.4 is 5.84 Å². The molecule has 2 N–H and O–H groups in total. The number of hydrazone groups is 1. The summed E-state index contributed by atoms with van der Waals surface area (Å²) in [6.45, 7) is 0.672. The summed E-state index contributed by atoms with van der Waals surface area (Å²) in [5.41, 5.74) is 3.39. The molecule has 0 unspecified atom stereocenters. The molecule has 0 bridgehead atoms. The lowest BCUT2D eigenvalue weighted by Crippen LogP contribution is -2.39. The first-order valence-corrected chi connectivity index (χ1v) is 6.34. The molecule has 0 aromatic heterocycles. The number of hydrazine groups is 1. The Hall–Kier alpha value is -2.42. The molecule has 0 amide bonds. The summed E-state index contributed by atoms with van der Waals surface area (Å²) in [4.78, 5) is 12.6. The Labute approximate surface area is 112 Å². The molecule has 3 heteroatoms. The second kappa shape index (κ2) is 4.69. The highest BCUT2D eigenvalue weighted by atomic mass is 16.1. The predicted molar refractivity (Wildman–Crippen MR) is 74.3 cm³/mol. The van der Waals surface area contributed by atoms with E-state index in [4.69, 9.17) is 5.84 Å². The fraction of sp³-hybridized carbons (Fsp3) is 0.125.